The van der Waals surface area contributed by atoms with Crippen LogP contribution in [0.5, 0.6) is 0 Å². The van der Waals surface area contributed by atoms with Crippen LogP contribution in [-0.4, -0.2) is 4.05 Å². The van der Waals surface area contributed by atoms with E-state index in [9.17, 15) is 0 Å². The fourth-order valence-electron chi connectivity index (χ4n) is 3.74. The number of hydrogen-bond donors (Lipinski definition) is 1. The number of nitrogens with two attached hydrogens (primary N) is 1. The highest BCUT2D eigenvalue weighted by molar-refractivity contribution is 14.1. The topological polar surface area (TPSA) is 26.0 Å². The molecule has 4 unspecified atom stereocenters. The van der Waals surface area contributed by atoms with Gasteiger partial charge in [-0.15, -0.1) is 0 Å². The van der Waals surface area contributed by atoms with Crippen molar-refractivity contribution in [3.8, 4) is 0 Å². The first-order valence-corrected chi connectivity index (χ1v) is 8.38. The summed E-state index contributed by atoms with van der Waals surface area (Å²) in [5.74, 6) is 3.01. The molecule has 0 aliphatic heterocycles. The molecule has 2 fully saturated rings. The first-order chi connectivity index (χ1) is 7.74. The van der Waals surface area contributed by atoms with Crippen LogP contribution in [0.1, 0.15) is 64.2 Å². The van der Waals surface area contributed by atoms with Gasteiger partial charge in [0.25, 0.3) is 0 Å². The second kappa shape index (κ2) is 6.58. The molecule has 0 amide bonds. The van der Waals surface area contributed by atoms with Gasteiger partial charge in [0.15, 0.2) is 0 Å². The highest BCUT2D eigenvalue weighted by Crippen LogP contribution is 2.38. The van der Waals surface area contributed by atoms with E-state index in [1.165, 1.54) is 64.2 Å². The van der Waals surface area contributed by atoms with Crippen LogP contribution in [0.3, 0.4) is 0 Å². The van der Waals surface area contributed by atoms with E-state index in [-0.39, 0.29) is 0 Å². The number of hydrogen-bond acceptors (Lipinski definition) is 1. The van der Waals surface area contributed by atoms with Crippen LogP contribution < -0.4 is 5.73 Å². The molecular formula is C14H26IN. The molecule has 2 N–H and O–H groups in total. The van der Waals surface area contributed by atoms with E-state index in [0.29, 0.717) is 4.05 Å². The fraction of sp³-hybridized carbons (Fsp3) is 1.00. The minimum atomic E-state index is 0.379. The molecule has 2 bridgehead atoms. The Labute approximate surface area is 114 Å². The van der Waals surface area contributed by atoms with Crippen molar-refractivity contribution >= 4 is 22.6 Å². The highest BCUT2D eigenvalue weighted by Gasteiger charge is 2.25. The quantitative estimate of drug-likeness (QED) is 0.449. The third kappa shape index (κ3) is 4.17. The Morgan fingerprint density at radius 3 is 2.31 bits per heavy atom. The smallest absolute Gasteiger partial charge is 0.0571 e. The number of alkyl halides is 1. The molecule has 2 aliphatic carbocycles. The van der Waals surface area contributed by atoms with Crippen LogP contribution in [0.15, 0.2) is 0 Å². The van der Waals surface area contributed by atoms with Crippen LogP contribution >= 0.6 is 22.6 Å². The molecule has 4 atom stereocenters. The minimum absolute atomic E-state index is 0.379. The lowest BCUT2D eigenvalue weighted by atomic mass is 9.74. The predicted octanol–water partition coefficient (Wildman–Crippen LogP) is 4.48. The van der Waals surface area contributed by atoms with E-state index >= 15 is 0 Å². The van der Waals surface area contributed by atoms with Gasteiger partial charge in [-0.25, -0.2) is 0 Å². The Hall–Kier alpha value is 0.690. The zero-order valence-corrected chi connectivity index (χ0v) is 12.5. The summed E-state index contributed by atoms with van der Waals surface area (Å²) in [5, 5.41) is 0. The van der Waals surface area contributed by atoms with Gasteiger partial charge in [-0.05, 0) is 30.6 Å². The molecule has 2 rings (SSSR count). The van der Waals surface area contributed by atoms with E-state index < -0.39 is 0 Å². The van der Waals surface area contributed by atoms with Gasteiger partial charge < -0.3 is 5.73 Å². The molecule has 0 aromatic rings. The fourth-order valence-corrected chi connectivity index (χ4v) is 4.46. The van der Waals surface area contributed by atoms with Crippen molar-refractivity contribution in [1.82, 2.24) is 0 Å². The summed E-state index contributed by atoms with van der Waals surface area (Å²) >= 11 is 2.39. The molecule has 0 aromatic heterocycles. The lowest BCUT2D eigenvalue weighted by molar-refractivity contribution is 0.205. The minimum Gasteiger partial charge on any atom is -0.320 e. The lowest BCUT2D eigenvalue weighted by Gasteiger charge is -2.33. The molecular weight excluding hydrogens is 309 g/mol. The molecule has 1 nitrogen and oxygen atoms in total. The zero-order valence-electron chi connectivity index (χ0n) is 10.3. The average molecular weight is 335 g/mol. The second-order valence-corrected chi connectivity index (χ2v) is 7.62. The van der Waals surface area contributed by atoms with Crippen molar-refractivity contribution in [1.29, 1.82) is 0 Å². The SMILES string of the molecule is NC(I)CC1CCC2CCCCC(CC2)C1. The Morgan fingerprint density at radius 2 is 1.56 bits per heavy atom. The summed E-state index contributed by atoms with van der Waals surface area (Å²) < 4.78 is 0.379. The molecule has 94 valence electrons. The van der Waals surface area contributed by atoms with E-state index in [1.807, 2.05) is 0 Å². The average Bonchev–Trinajstić information content (AvgIpc) is 2.18. The van der Waals surface area contributed by atoms with Gasteiger partial charge in [0.05, 0.1) is 4.05 Å². The van der Waals surface area contributed by atoms with E-state index in [2.05, 4.69) is 22.6 Å². The Morgan fingerprint density at radius 1 is 0.938 bits per heavy atom. The van der Waals surface area contributed by atoms with Crippen LogP contribution in [0.25, 0.3) is 0 Å². The van der Waals surface area contributed by atoms with E-state index in [0.717, 1.165) is 17.8 Å². The third-order valence-electron chi connectivity index (χ3n) is 4.67. The van der Waals surface area contributed by atoms with Crippen LogP contribution in [-0.2, 0) is 0 Å². The van der Waals surface area contributed by atoms with Crippen molar-refractivity contribution in [3.63, 3.8) is 0 Å². The number of fused-ring (bicyclic) bond motifs is 3. The van der Waals surface area contributed by atoms with Crippen LogP contribution in [0, 0.1) is 17.8 Å². The second-order valence-electron chi connectivity index (χ2n) is 6.02. The summed E-state index contributed by atoms with van der Waals surface area (Å²) in [7, 11) is 0. The van der Waals surface area contributed by atoms with E-state index in [1.54, 1.807) is 0 Å². The molecule has 0 radical (unpaired) electrons. The summed E-state index contributed by atoms with van der Waals surface area (Å²) in [6, 6.07) is 0. The molecule has 0 aromatic carbocycles. The third-order valence-corrected chi connectivity index (χ3v) is 5.17. The van der Waals surface area contributed by atoms with Gasteiger partial charge in [0.2, 0.25) is 0 Å². The molecule has 2 aliphatic rings. The summed E-state index contributed by atoms with van der Waals surface area (Å²) in [4.78, 5) is 0. The van der Waals surface area contributed by atoms with Crippen molar-refractivity contribution in [2.45, 2.75) is 68.3 Å². The summed E-state index contributed by atoms with van der Waals surface area (Å²) in [6.45, 7) is 0. The van der Waals surface area contributed by atoms with Crippen molar-refractivity contribution < 1.29 is 0 Å². The number of rotatable bonds is 2. The first kappa shape index (κ1) is 13.1. The van der Waals surface area contributed by atoms with Gasteiger partial charge in [0.1, 0.15) is 0 Å². The van der Waals surface area contributed by atoms with E-state index in [4.69, 9.17) is 5.73 Å². The normalized spacial score (nSPS) is 38.2. The van der Waals surface area contributed by atoms with Crippen LogP contribution in [0.4, 0.5) is 0 Å². The Kier molecular flexibility index (Phi) is 5.40. The Bertz CT molecular complexity index is 205. The number of halogens is 1. The monoisotopic (exact) mass is 335 g/mol. The summed E-state index contributed by atoms with van der Waals surface area (Å²) in [6.07, 6.45) is 14.7. The molecule has 2 heteroatoms. The van der Waals surface area contributed by atoms with Gasteiger partial charge >= 0.3 is 0 Å². The maximum absolute atomic E-state index is 5.97. The van der Waals surface area contributed by atoms with Gasteiger partial charge in [0, 0.05) is 0 Å². The van der Waals surface area contributed by atoms with Crippen LogP contribution in [0.2, 0.25) is 0 Å². The van der Waals surface area contributed by atoms with Crippen molar-refractivity contribution in [2.75, 3.05) is 0 Å². The van der Waals surface area contributed by atoms with Gasteiger partial charge in [-0.2, -0.15) is 0 Å². The molecule has 0 heterocycles. The molecule has 0 saturated heterocycles. The molecule has 16 heavy (non-hydrogen) atoms. The van der Waals surface area contributed by atoms with Crippen molar-refractivity contribution in [2.24, 2.45) is 23.5 Å². The standard InChI is InChI=1S/C14H26IN/c15-14(16)10-13-8-6-11-3-1-2-4-12(9-13)7-5-11/h11-14H,1-10,16H2. The zero-order chi connectivity index (χ0) is 11.4. The predicted molar refractivity (Wildman–Crippen MR) is 78.6 cm³/mol. The largest absolute Gasteiger partial charge is 0.320 e. The highest BCUT2D eigenvalue weighted by atomic mass is 127. The molecule has 0 spiro atoms. The van der Waals surface area contributed by atoms with Gasteiger partial charge in [-0.1, -0.05) is 74.0 Å². The lowest BCUT2D eigenvalue weighted by Crippen LogP contribution is -2.23. The Balaban J connectivity index is 1.93. The molecule has 2 saturated carbocycles. The maximum Gasteiger partial charge on any atom is 0.0571 e. The first-order valence-electron chi connectivity index (χ1n) is 7.13. The maximum atomic E-state index is 5.97. The van der Waals surface area contributed by atoms with Crippen molar-refractivity contribution in [3.05, 3.63) is 0 Å². The van der Waals surface area contributed by atoms with Gasteiger partial charge in [-0.3, -0.25) is 0 Å². The summed E-state index contributed by atoms with van der Waals surface area (Å²) in [5.41, 5.74) is 5.97.